The fourth-order valence-electron chi connectivity index (χ4n) is 0.331. The van der Waals surface area contributed by atoms with E-state index in [0.717, 1.165) is 6.54 Å². The van der Waals surface area contributed by atoms with Crippen LogP contribution in [-0.4, -0.2) is 23.8 Å². The van der Waals surface area contributed by atoms with E-state index in [1.807, 2.05) is 7.05 Å². The average molecular weight is 227 g/mol. The molecule has 0 unspecified atom stereocenters. The predicted octanol–water partition coefficient (Wildman–Crippen LogP) is 0.600. The van der Waals surface area contributed by atoms with E-state index in [1.54, 1.807) is 0 Å². The number of hydrogen-bond acceptors (Lipinski definition) is 2. The van der Waals surface area contributed by atoms with Crippen LogP contribution >= 0.6 is 22.6 Å². The second-order valence-electron chi connectivity index (χ2n) is 1.53. The zero-order valence-corrected chi connectivity index (χ0v) is 7.07. The third-order valence-electron chi connectivity index (χ3n) is 0.803. The van der Waals surface area contributed by atoms with Gasteiger partial charge < -0.3 is 5.32 Å². The molecular weight excluding hydrogens is 217 g/mol. The van der Waals surface area contributed by atoms with Crippen LogP contribution in [0.2, 0.25) is 0 Å². The lowest BCUT2D eigenvalue weighted by molar-refractivity contribution is -0.116. The van der Waals surface area contributed by atoms with E-state index in [4.69, 9.17) is 0 Å². The second-order valence-corrected chi connectivity index (χ2v) is 2.29. The Bertz CT molecular complexity index is 74.8. The molecule has 0 rings (SSSR count). The van der Waals surface area contributed by atoms with Gasteiger partial charge in [0.05, 0.1) is 4.43 Å². The molecule has 0 aromatic carbocycles. The molecule has 0 heterocycles. The standard InChI is InChI=1S/C5H10INO/c1-7-3-2-5(8)4-6/h7H,2-4H2,1H3. The summed E-state index contributed by atoms with van der Waals surface area (Å²) in [5.41, 5.74) is 0. The monoisotopic (exact) mass is 227 g/mol. The molecular formula is C5H10INO. The molecule has 3 heteroatoms. The van der Waals surface area contributed by atoms with Gasteiger partial charge in [0, 0.05) is 13.0 Å². The molecule has 0 amide bonds. The lowest BCUT2D eigenvalue weighted by Crippen LogP contribution is -2.13. The Morgan fingerprint density at radius 3 is 2.75 bits per heavy atom. The van der Waals surface area contributed by atoms with Gasteiger partial charge in [-0.05, 0) is 7.05 Å². The summed E-state index contributed by atoms with van der Waals surface area (Å²) in [5, 5.41) is 2.91. The van der Waals surface area contributed by atoms with Gasteiger partial charge in [-0.2, -0.15) is 0 Å². The fraction of sp³-hybridized carbons (Fsp3) is 0.800. The largest absolute Gasteiger partial charge is 0.319 e. The maximum atomic E-state index is 10.5. The van der Waals surface area contributed by atoms with Crippen LogP contribution in [0.4, 0.5) is 0 Å². The van der Waals surface area contributed by atoms with E-state index in [1.165, 1.54) is 0 Å². The minimum Gasteiger partial charge on any atom is -0.319 e. The summed E-state index contributed by atoms with van der Waals surface area (Å²) in [7, 11) is 1.85. The molecule has 0 saturated heterocycles. The number of hydrogen-bond donors (Lipinski definition) is 1. The summed E-state index contributed by atoms with van der Waals surface area (Å²) < 4.78 is 0.638. The van der Waals surface area contributed by atoms with Gasteiger partial charge in [0.25, 0.3) is 0 Å². The van der Waals surface area contributed by atoms with Gasteiger partial charge in [0.15, 0.2) is 0 Å². The Morgan fingerprint density at radius 2 is 2.38 bits per heavy atom. The van der Waals surface area contributed by atoms with E-state index in [-0.39, 0.29) is 0 Å². The van der Waals surface area contributed by atoms with Crippen molar-refractivity contribution in [2.75, 3.05) is 18.0 Å². The van der Waals surface area contributed by atoms with Crippen LogP contribution in [0.15, 0.2) is 0 Å². The molecule has 0 spiro atoms. The molecule has 0 aromatic heterocycles. The number of carbonyl (C=O) groups excluding carboxylic acids is 1. The molecule has 0 radical (unpaired) electrons. The second kappa shape index (κ2) is 5.50. The van der Waals surface area contributed by atoms with Gasteiger partial charge in [-0.3, -0.25) is 4.79 Å². The SMILES string of the molecule is CNCCC(=O)CI. The van der Waals surface area contributed by atoms with Crippen molar-refractivity contribution in [3.8, 4) is 0 Å². The Labute approximate surface area is 63.2 Å². The summed E-state index contributed by atoms with van der Waals surface area (Å²) >= 11 is 2.08. The molecule has 8 heavy (non-hydrogen) atoms. The first-order chi connectivity index (χ1) is 3.81. The van der Waals surface area contributed by atoms with Crippen molar-refractivity contribution in [1.29, 1.82) is 0 Å². The minimum absolute atomic E-state index is 0.319. The number of rotatable bonds is 4. The van der Waals surface area contributed by atoms with Crippen molar-refractivity contribution in [2.45, 2.75) is 6.42 Å². The summed E-state index contributed by atoms with van der Waals surface area (Å²) in [6.07, 6.45) is 0.666. The Kier molecular flexibility index (Phi) is 5.74. The van der Waals surface area contributed by atoms with E-state index < -0.39 is 0 Å². The minimum atomic E-state index is 0.319. The number of halogens is 1. The Hall–Kier alpha value is 0.360. The van der Waals surface area contributed by atoms with Gasteiger partial charge in [0.2, 0.25) is 0 Å². The highest BCUT2D eigenvalue weighted by atomic mass is 127. The van der Waals surface area contributed by atoms with E-state index >= 15 is 0 Å². The van der Waals surface area contributed by atoms with Crippen LogP contribution in [-0.2, 0) is 4.79 Å². The normalized spacial score (nSPS) is 9.25. The molecule has 0 aromatic rings. The van der Waals surface area contributed by atoms with Crippen molar-refractivity contribution in [3.63, 3.8) is 0 Å². The molecule has 0 aliphatic carbocycles. The first-order valence-corrected chi connectivity index (χ1v) is 4.06. The highest BCUT2D eigenvalue weighted by Gasteiger charge is 1.94. The lowest BCUT2D eigenvalue weighted by Gasteiger charge is -1.92. The van der Waals surface area contributed by atoms with Gasteiger partial charge in [0.1, 0.15) is 5.78 Å². The third-order valence-corrected chi connectivity index (χ3v) is 1.65. The van der Waals surface area contributed by atoms with Crippen LogP contribution in [0.1, 0.15) is 6.42 Å². The molecule has 0 fully saturated rings. The summed E-state index contributed by atoms with van der Waals surface area (Å²) in [6.45, 7) is 0.807. The van der Waals surface area contributed by atoms with Crippen LogP contribution < -0.4 is 5.32 Å². The zero-order valence-electron chi connectivity index (χ0n) is 4.91. The first-order valence-electron chi connectivity index (χ1n) is 2.53. The van der Waals surface area contributed by atoms with Gasteiger partial charge in [-0.15, -0.1) is 0 Å². The molecule has 0 atom stereocenters. The molecule has 0 aliphatic heterocycles. The maximum Gasteiger partial charge on any atom is 0.143 e. The van der Waals surface area contributed by atoms with Crippen molar-refractivity contribution < 1.29 is 4.79 Å². The zero-order chi connectivity index (χ0) is 6.41. The molecule has 0 saturated carbocycles. The van der Waals surface area contributed by atoms with Crippen LogP contribution in [0.5, 0.6) is 0 Å². The maximum absolute atomic E-state index is 10.5. The first kappa shape index (κ1) is 8.36. The van der Waals surface area contributed by atoms with E-state index in [0.29, 0.717) is 16.6 Å². The average Bonchev–Trinajstić information content (AvgIpc) is 1.83. The van der Waals surface area contributed by atoms with Gasteiger partial charge >= 0.3 is 0 Å². The Balaban J connectivity index is 2.99. The van der Waals surface area contributed by atoms with Crippen molar-refractivity contribution in [2.24, 2.45) is 0 Å². The van der Waals surface area contributed by atoms with E-state index in [2.05, 4.69) is 27.9 Å². The number of ketones is 1. The molecule has 0 bridgehead atoms. The number of alkyl halides is 1. The van der Waals surface area contributed by atoms with Crippen LogP contribution in [0.3, 0.4) is 0 Å². The van der Waals surface area contributed by atoms with E-state index in [9.17, 15) is 4.79 Å². The molecule has 0 aliphatic rings. The molecule has 48 valence electrons. The number of nitrogens with one attached hydrogen (secondary N) is 1. The van der Waals surface area contributed by atoms with Crippen molar-refractivity contribution in [1.82, 2.24) is 5.32 Å². The number of Topliss-reactive ketones (excluding diaryl/α,β-unsaturated/α-hetero) is 1. The van der Waals surface area contributed by atoms with Crippen LogP contribution in [0, 0.1) is 0 Å². The predicted molar refractivity (Wildman–Crippen MR) is 42.4 cm³/mol. The summed E-state index contributed by atoms with van der Waals surface area (Å²) in [5.74, 6) is 0.319. The van der Waals surface area contributed by atoms with Crippen molar-refractivity contribution in [3.05, 3.63) is 0 Å². The van der Waals surface area contributed by atoms with Crippen molar-refractivity contribution >= 4 is 28.4 Å². The molecule has 2 nitrogen and oxygen atoms in total. The summed E-state index contributed by atoms with van der Waals surface area (Å²) in [6, 6.07) is 0. The molecule has 1 N–H and O–H groups in total. The van der Waals surface area contributed by atoms with Gasteiger partial charge in [-0.1, -0.05) is 22.6 Å². The topological polar surface area (TPSA) is 29.1 Å². The highest BCUT2D eigenvalue weighted by molar-refractivity contribution is 14.1. The fourth-order valence-corrected chi connectivity index (χ4v) is 0.713. The summed E-state index contributed by atoms with van der Waals surface area (Å²) in [4.78, 5) is 10.5. The Morgan fingerprint density at radius 1 is 1.75 bits per heavy atom. The highest BCUT2D eigenvalue weighted by Crippen LogP contribution is 1.86. The smallest absolute Gasteiger partial charge is 0.143 e. The third kappa shape index (κ3) is 4.52. The van der Waals surface area contributed by atoms with Crippen LogP contribution in [0.25, 0.3) is 0 Å². The van der Waals surface area contributed by atoms with Gasteiger partial charge in [-0.25, -0.2) is 0 Å². The lowest BCUT2D eigenvalue weighted by atomic mass is 10.3. The quantitative estimate of drug-likeness (QED) is 0.562. The number of carbonyl (C=O) groups is 1.